The number of aryl methyl sites for hydroxylation is 1. The van der Waals surface area contributed by atoms with Crippen LogP contribution >= 0.6 is 15.9 Å². The van der Waals surface area contributed by atoms with Crippen molar-refractivity contribution in [2.45, 2.75) is 6.92 Å². The van der Waals surface area contributed by atoms with Crippen LogP contribution in [0.2, 0.25) is 0 Å². The zero-order chi connectivity index (χ0) is 15.6. The number of hydrogen-bond donors (Lipinski definition) is 3. The average molecular weight is 356 g/mol. The molecule has 0 radical (unpaired) electrons. The van der Waals surface area contributed by atoms with E-state index in [-0.39, 0.29) is 15.7 Å². The third kappa shape index (κ3) is 3.37. The molecule has 0 aliphatic rings. The molecule has 0 fully saturated rings. The number of anilines is 2. The number of amides is 1. The first-order valence-electron chi connectivity index (χ1n) is 5.95. The molecule has 0 saturated carbocycles. The Morgan fingerprint density at radius 2 is 1.86 bits per heavy atom. The number of hydrazine groups is 1. The van der Waals surface area contributed by atoms with Crippen molar-refractivity contribution in [2.24, 2.45) is 5.84 Å². The molecule has 2 rings (SSSR count). The van der Waals surface area contributed by atoms with E-state index in [4.69, 9.17) is 5.84 Å². The minimum atomic E-state index is -0.863. The minimum Gasteiger partial charge on any atom is -0.323 e. The summed E-state index contributed by atoms with van der Waals surface area (Å²) in [5.41, 5.74) is 3.86. The molecule has 110 valence electrons. The molecule has 7 heteroatoms. The first kappa shape index (κ1) is 15.4. The highest BCUT2D eigenvalue weighted by Crippen LogP contribution is 2.25. The number of halogens is 3. The summed E-state index contributed by atoms with van der Waals surface area (Å²) >= 11 is 2.94. The van der Waals surface area contributed by atoms with E-state index in [1.54, 1.807) is 18.2 Å². The highest BCUT2D eigenvalue weighted by molar-refractivity contribution is 9.10. The van der Waals surface area contributed by atoms with Crippen LogP contribution in [0.1, 0.15) is 15.9 Å². The van der Waals surface area contributed by atoms with Gasteiger partial charge in [-0.1, -0.05) is 6.07 Å². The molecule has 0 saturated heterocycles. The second kappa shape index (κ2) is 6.19. The molecular formula is C14H12BrF2N3O. The van der Waals surface area contributed by atoms with Crippen LogP contribution in [0.15, 0.2) is 34.8 Å². The first-order valence-corrected chi connectivity index (χ1v) is 6.75. The second-order valence-corrected chi connectivity index (χ2v) is 5.25. The zero-order valence-electron chi connectivity index (χ0n) is 11.0. The van der Waals surface area contributed by atoms with Gasteiger partial charge in [-0.25, -0.2) is 8.78 Å². The van der Waals surface area contributed by atoms with Gasteiger partial charge in [0.15, 0.2) is 0 Å². The van der Waals surface area contributed by atoms with Crippen molar-refractivity contribution >= 4 is 33.2 Å². The summed E-state index contributed by atoms with van der Waals surface area (Å²) in [6.45, 7) is 1.85. The zero-order valence-corrected chi connectivity index (χ0v) is 12.6. The summed E-state index contributed by atoms with van der Waals surface area (Å²) in [7, 11) is 0. The Hall–Kier alpha value is -1.99. The van der Waals surface area contributed by atoms with Crippen molar-refractivity contribution < 1.29 is 13.6 Å². The largest absolute Gasteiger partial charge is 0.323 e. The van der Waals surface area contributed by atoms with Crippen LogP contribution in [-0.2, 0) is 0 Å². The predicted octanol–water partition coefficient (Wildman–Crippen LogP) is 3.57. The number of nitrogens with two attached hydrogens (primary N) is 1. The van der Waals surface area contributed by atoms with Crippen LogP contribution in [-0.4, -0.2) is 5.91 Å². The Kier molecular flexibility index (Phi) is 4.54. The van der Waals surface area contributed by atoms with Crippen LogP contribution in [0.5, 0.6) is 0 Å². The van der Waals surface area contributed by atoms with Crippen LogP contribution in [0, 0.1) is 18.6 Å². The fourth-order valence-electron chi connectivity index (χ4n) is 1.78. The van der Waals surface area contributed by atoms with Crippen LogP contribution in [0.3, 0.4) is 0 Å². The molecule has 4 nitrogen and oxygen atoms in total. The highest BCUT2D eigenvalue weighted by atomic mass is 79.9. The molecule has 0 aliphatic carbocycles. The minimum absolute atomic E-state index is 0.0558. The number of nitrogens with one attached hydrogen (secondary N) is 2. The van der Waals surface area contributed by atoms with Crippen LogP contribution < -0.4 is 16.6 Å². The lowest BCUT2D eigenvalue weighted by atomic mass is 10.1. The summed E-state index contributed by atoms with van der Waals surface area (Å²) in [6.07, 6.45) is 0. The number of hydrogen-bond acceptors (Lipinski definition) is 3. The molecule has 0 heterocycles. The third-order valence-corrected chi connectivity index (χ3v) is 3.44. The third-order valence-electron chi connectivity index (χ3n) is 2.83. The summed E-state index contributed by atoms with van der Waals surface area (Å²) < 4.78 is 26.8. The topological polar surface area (TPSA) is 67.2 Å². The van der Waals surface area contributed by atoms with Gasteiger partial charge >= 0.3 is 0 Å². The van der Waals surface area contributed by atoms with Crippen molar-refractivity contribution in [1.82, 2.24) is 0 Å². The highest BCUT2D eigenvalue weighted by Gasteiger charge is 2.15. The summed E-state index contributed by atoms with van der Waals surface area (Å²) in [5, 5.41) is 2.38. The first-order chi connectivity index (χ1) is 9.92. The van der Waals surface area contributed by atoms with Gasteiger partial charge in [0.05, 0.1) is 21.4 Å². The monoisotopic (exact) mass is 355 g/mol. The number of rotatable bonds is 3. The molecule has 0 atom stereocenters. The average Bonchev–Trinajstić information content (AvgIpc) is 2.44. The quantitative estimate of drug-likeness (QED) is 0.448. The molecule has 0 unspecified atom stereocenters. The smallest absolute Gasteiger partial charge is 0.257 e. The number of benzene rings is 2. The predicted molar refractivity (Wildman–Crippen MR) is 81.0 cm³/mol. The number of carbonyl (C=O) groups excluding carboxylic acids is 1. The Balaban J connectivity index is 2.32. The van der Waals surface area contributed by atoms with Gasteiger partial charge in [-0.3, -0.25) is 10.6 Å². The normalized spacial score (nSPS) is 10.3. The maximum absolute atomic E-state index is 13.6. The summed E-state index contributed by atoms with van der Waals surface area (Å²) in [5.74, 6) is 3.20. The van der Waals surface area contributed by atoms with Gasteiger partial charge in [0.1, 0.15) is 11.6 Å². The van der Waals surface area contributed by atoms with Crippen molar-refractivity contribution in [1.29, 1.82) is 0 Å². The fraction of sp³-hybridized carbons (Fsp3) is 0.0714. The Morgan fingerprint density at radius 3 is 2.52 bits per heavy atom. The molecule has 2 aromatic carbocycles. The maximum Gasteiger partial charge on any atom is 0.257 e. The molecule has 0 aliphatic heterocycles. The van der Waals surface area contributed by atoms with Gasteiger partial charge in [0, 0.05) is 6.07 Å². The second-order valence-electron chi connectivity index (χ2n) is 4.39. The van der Waals surface area contributed by atoms with Gasteiger partial charge in [-0.15, -0.1) is 0 Å². The SMILES string of the molecule is Cc1ccc(C(=O)Nc2cc(Br)c(F)cc2F)c(NN)c1. The molecule has 0 bridgehead atoms. The van der Waals surface area contributed by atoms with Crippen molar-refractivity contribution in [3.8, 4) is 0 Å². The number of carbonyl (C=O) groups is 1. The Labute approximate surface area is 128 Å². The Bertz CT molecular complexity index is 707. The number of nitrogen functional groups attached to an aromatic ring is 1. The Morgan fingerprint density at radius 1 is 1.14 bits per heavy atom. The van der Waals surface area contributed by atoms with E-state index >= 15 is 0 Å². The van der Waals surface area contributed by atoms with Crippen molar-refractivity contribution in [2.75, 3.05) is 10.7 Å². The summed E-state index contributed by atoms with van der Waals surface area (Å²) in [6, 6.07) is 6.83. The van der Waals surface area contributed by atoms with E-state index in [2.05, 4.69) is 26.7 Å². The standard InChI is InChI=1S/C14H12BrF2N3O/c1-7-2-3-8(12(4-7)20-18)14(21)19-13-5-9(15)10(16)6-11(13)17/h2-6,20H,18H2,1H3,(H,19,21). The van der Waals surface area contributed by atoms with E-state index in [0.29, 0.717) is 11.8 Å². The molecule has 21 heavy (non-hydrogen) atoms. The van der Waals surface area contributed by atoms with Gasteiger partial charge in [0.2, 0.25) is 0 Å². The fourth-order valence-corrected chi connectivity index (χ4v) is 2.13. The molecule has 2 aromatic rings. The molecule has 4 N–H and O–H groups in total. The van der Waals surface area contributed by atoms with E-state index in [1.807, 2.05) is 6.92 Å². The molecule has 1 amide bonds. The summed E-state index contributed by atoms with van der Waals surface area (Å²) in [4.78, 5) is 12.2. The lowest BCUT2D eigenvalue weighted by Crippen LogP contribution is -2.18. The van der Waals surface area contributed by atoms with E-state index < -0.39 is 17.5 Å². The molecule has 0 spiro atoms. The van der Waals surface area contributed by atoms with Crippen molar-refractivity contribution in [3.63, 3.8) is 0 Å². The van der Waals surface area contributed by atoms with E-state index in [9.17, 15) is 13.6 Å². The van der Waals surface area contributed by atoms with Gasteiger partial charge < -0.3 is 10.7 Å². The van der Waals surface area contributed by atoms with Gasteiger partial charge in [-0.05, 0) is 46.6 Å². The molecule has 0 aromatic heterocycles. The van der Waals surface area contributed by atoms with E-state index in [0.717, 1.165) is 11.6 Å². The van der Waals surface area contributed by atoms with E-state index in [1.165, 1.54) is 0 Å². The van der Waals surface area contributed by atoms with Gasteiger partial charge in [-0.2, -0.15) is 0 Å². The van der Waals surface area contributed by atoms with Crippen LogP contribution in [0.4, 0.5) is 20.2 Å². The molecular weight excluding hydrogens is 344 g/mol. The lowest BCUT2D eigenvalue weighted by Gasteiger charge is -2.11. The van der Waals surface area contributed by atoms with Gasteiger partial charge in [0.25, 0.3) is 5.91 Å². The van der Waals surface area contributed by atoms with Crippen molar-refractivity contribution in [3.05, 3.63) is 57.6 Å². The lowest BCUT2D eigenvalue weighted by molar-refractivity contribution is 0.102. The van der Waals surface area contributed by atoms with Crippen LogP contribution in [0.25, 0.3) is 0 Å². The maximum atomic E-state index is 13.6.